The van der Waals surface area contributed by atoms with Gasteiger partial charge in [-0.3, -0.25) is 0 Å². The predicted octanol–water partition coefficient (Wildman–Crippen LogP) is 0.999. The zero-order valence-electron chi connectivity index (χ0n) is 7.52. The van der Waals surface area contributed by atoms with Gasteiger partial charge in [0.2, 0.25) is 0 Å². The third-order valence-electron chi connectivity index (χ3n) is 1.52. The van der Waals surface area contributed by atoms with Crippen molar-refractivity contribution in [1.82, 2.24) is 0 Å². The smallest absolute Gasteiger partial charge is 0.0458 e. The minimum absolute atomic E-state index is 0.145. The van der Waals surface area contributed by atoms with Crippen molar-refractivity contribution < 1.29 is 0 Å². The van der Waals surface area contributed by atoms with Gasteiger partial charge in [0, 0.05) is 20.2 Å². The molecule has 2 nitrogen and oxygen atoms in total. The van der Waals surface area contributed by atoms with Gasteiger partial charge >= 0.3 is 0 Å². The lowest BCUT2D eigenvalue weighted by atomic mass is 10.2. The zero-order chi connectivity index (χ0) is 8.36. The van der Waals surface area contributed by atoms with Crippen molar-refractivity contribution in [2.45, 2.75) is 44.7 Å². The summed E-state index contributed by atoms with van der Waals surface area (Å²) in [5.74, 6) is 0. The van der Waals surface area contributed by atoms with E-state index in [9.17, 15) is 0 Å². The fourth-order valence-corrected chi connectivity index (χ4v) is 2.68. The molecule has 2 atom stereocenters. The molecule has 0 aliphatic carbocycles. The van der Waals surface area contributed by atoms with Gasteiger partial charge in [-0.15, -0.1) is 0 Å². The van der Waals surface area contributed by atoms with Crippen LogP contribution in [0.4, 0.5) is 0 Å². The van der Waals surface area contributed by atoms with Crippen LogP contribution in [0, 0.1) is 0 Å². The van der Waals surface area contributed by atoms with E-state index in [-0.39, 0.29) is 12.1 Å². The lowest BCUT2D eigenvalue weighted by Crippen LogP contribution is -2.43. The molecule has 0 bridgehead atoms. The van der Waals surface area contributed by atoms with Crippen molar-refractivity contribution in [3.8, 4) is 0 Å². The molecule has 0 saturated carbocycles. The topological polar surface area (TPSA) is 52.0 Å². The van der Waals surface area contributed by atoms with Crippen LogP contribution in [0.2, 0.25) is 25.7 Å². The first-order valence-corrected chi connectivity index (χ1v) is 7.55. The average molecular weight is 160 g/mol. The molecule has 0 spiro atoms. The van der Waals surface area contributed by atoms with Gasteiger partial charge in [-0.2, -0.15) is 0 Å². The summed E-state index contributed by atoms with van der Waals surface area (Å²) in [6.45, 7) is 8.92. The summed E-state index contributed by atoms with van der Waals surface area (Å²) in [6.07, 6.45) is 0. The minimum atomic E-state index is -0.988. The summed E-state index contributed by atoms with van der Waals surface area (Å²) in [7, 11) is -0.988. The van der Waals surface area contributed by atoms with E-state index in [4.69, 9.17) is 11.5 Å². The number of hydrogen-bond acceptors (Lipinski definition) is 2. The first-order valence-electron chi connectivity index (χ1n) is 3.84. The van der Waals surface area contributed by atoms with E-state index in [2.05, 4.69) is 19.6 Å². The van der Waals surface area contributed by atoms with Gasteiger partial charge in [-0.25, -0.2) is 0 Å². The molecular weight excluding hydrogens is 140 g/mol. The summed E-state index contributed by atoms with van der Waals surface area (Å²) < 4.78 is 0. The van der Waals surface area contributed by atoms with Crippen molar-refractivity contribution in [3.63, 3.8) is 0 Å². The summed E-state index contributed by atoms with van der Waals surface area (Å²) in [5.41, 5.74) is 11.5. The highest BCUT2D eigenvalue weighted by Crippen LogP contribution is 2.11. The highest BCUT2D eigenvalue weighted by atomic mass is 28.3. The van der Waals surface area contributed by atoms with Gasteiger partial charge < -0.3 is 11.5 Å². The molecule has 62 valence electrons. The van der Waals surface area contributed by atoms with Crippen LogP contribution in [0.3, 0.4) is 0 Å². The van der Waals surface area contributed by atoms with E-state index in [0.717, 1.165) is 6.04 Å². The van der Waals surface area contributed by atoms with E-state index in [1.807, 2.05) is 6.92 Å². The lowest BCUT2D eigenvalue weighted by molar-refractivity contribution is 0.596. The Bertz CT molecular complexity index is 96.3. The summed E-state index contributed by atoms with van der Waals surface area (Å²) in [4.78, 5) is 0. The Labute approximate surface area is 65.0 Å². The second kappa shape index (κ2) is 3.51. The van der Waals surface area contributed by atoms with E-state index in [1.165, 1.54) is 0 Å². The molecule has 0 amide bonds. The molecule has 0 fully saturated rings. The summed E-state index contributed by atoms with van der Waals surface area (Å²) in [6, 6.07) is 1.48. The molecule has 0 aliphatic rings. The van der Waals surface area contributed by atoms with Crippen LogP contribution >= 0.6 is 0 Å². The Morgan fingerprint density at radius 1 is 1.20 bits per heavy atom. The van der Waals surface area contributed by atoms with Gasteiger partial charge in [0.15, 0.2) is 0 Å². The standard InChI is InChI=1S/C7H20N2Si/c1-6(8)7(9)5-10(2,3)4/h6-7H,5,8-9H2,1-4H3. The van der Waals surface area contributed by atoms with E-state index >= 15 is 0 Å². The van der Waals surface area contributed by atoms with E-state index in [0.29, 0.717) is 0 Å². The Hall–Kier alpha value is 0.137. The van der Waals surface area contributed by atoms with Gasteiger partial charge in [-0.1, -0.05) is 19.6 Å². The van der Waals surface area contributed by atoms with Crippen LogP contribution in [0.5, 0.6) is 0 Å². The highest BCUT2D eigenvalue weighted by molar-refractivity contribution is 6.76. The molecule has 0 aliphatic heterocycles. The maximum Gasteiger partial charge on any atom is 0.0458 e. The molecule has 0 aromatic carbocycles. The van der Waals surface area contributed by atoms with Crippen molar-refractivity contribution in [2.75, 3.05) is 0 Å². The first-order chi connectivity index (χ1) is 4.33. The lowest BCUT2D eigenvalue weighted by Gasteiger charge is -2.23. The van der Waals surface area contributed by atoms with Crippen molar-refractivity contribution in [2.24, 2.45) is 11.5 Å². The second-order valence-corrected chi connectivity index (χ2v) is 9.82. The zero-order valence-corrected chi connectivity index (χ0v) is 8.52. The van der Waals surface area contributed by atoms with Gasteiger partial charge in [-0.05, 0) is 13.0 Å². The molecule has 4 N–H and O–H groups in total. The number of hydrogen-bond donors (Lipinski definition) is 2. The van der Waals surface area contributed by atoms with Crippen LogP contribution in [0.15, 0.2) is 0 Å². The molecule has 0 aromatic rings. The Morgan fingerprint density at radius 2 is 1.60 bits per heavy atom. The molecule has 10 heavy (non-hydrogen) atoms. The van der Waals surface area contributed by atoms with Crippen LogP contribution in [0.1, 0.15) is 6.92 Å². The van der Waals surface area contributed by atoms with Gasteiger partial charge in [0.1, 0.15) is 0 Å². The average Bonchev–Trinajstić information content (AvgIpc) is 1.60. The second-order valence-electron chi connectivity index (χ2n) is 4.29. The van der Waals surface area contributed by atoms with E-state index in [1.54, 1.807) is 0 Å². The Morgan fingerprint density at radius 3 is 1.70 bits per heavy atom. The highest BCUT2D eigenvalue weighted by Gasteiger charge is 2.19. The molecule has 3 heteroatoms. The van der Waals surface area contributed by atoms with Crippen molar-refractivity contribution in [3.05, 3.63) is 0 Å². The fourth-order valence-electron chi connectivity index (χ4n) is 0.893. The van der Waals surface area contributed by atoms with Gasteiger partial charge in [0.05, 0.1) is 0 Å². The van der Waals surface area contributed by atoms with Crippen LogP contribution < -0.4 is 11.5 Å². The molecule has 2 unspecified atom stereocenters. The van der Waals surface area contributed by atoms with Gasteiger partial charge in [0.25, 0.3) is 0 Å². The number of nitrogens with two attached hydrogens (primary N) is 2. The molecule has 0 heterocycles. The van der Waals surface area contributed by atoms with E-state index < -0.39 is 8.07 Å². The molecule has 0 rings (SSSR count). The fraction of sp³-hybridized carbons (Fsp3) is 1.00. The van der Waals surface area contributed by atoms with Crippen LogP contribution in [-0.2, 0) is 0 Å². The Balaban J connectivity index is 3.68. The van der Waals surface area contributed by atoms with Crippen LogP contribution in [0.25, 0.3) is 0 Å². The normalized spacial score (nSPS) is 18.6. The van der Waals surface area contributed by atoms with Crippen molar-refractivity contribution >= 4 is 8.07 Å². The quantitative estimate of drug-likeness (QED) is 0.605. The first kappa shape index (κ1) is 10.1. The largest absolute Gasteiger partial charge is 0.327 e. The SMILES string of the molecule is CC(N)C(N)C[Si](C)(C)C. The third kappa shape index (κ3) is 4.96. The maximum atomic E-state index is 5.81. The third-order valence-corrected chi connectivity index (χ3v) is 3.22. The summed E-state index contributed by atoms with van der Waals surface area (Å²) in [5, 5.41) is 0. The maximum absolute atomic E-state index is 5.81. The number of rotatable bonds is 3. The van der Waals surface area contributed by atoms with Crippen LogP contribution in [-0.4, -0.2) is 20.2 Å². The predicted molar refractivity (Wildman–Crippen MR) is 49.8 cm³/mol. The molecule has 0 saturated heterocycles. The molecular formula is C7H20N2Si. The molecule has 0 aromatic heterocycles. The van der Waals surface area contributed by atoms with Crippen molar-refractivity contribution in [1.29, 1.82) is 0 Å². The monoisotopic (exact) mass is 160 g/mol. The Kier molecular flexibility index (Phi) is 3.55. The molecule has 0 radical (unpaired) electrons. The summed E-state index contributed by atoms with van der Waals surface area (Å²) >= 11 is 0. The minimum Gasteiger partial charge on any atom is -0.327 e.